The number of carbonyl (C=O) groups excluding carboxylic acids is 2. The molecule has 0 aromatic carbocycles. The summed E-state index contributed by atoms with van der Waals surface area (Å²) in [6, 6.07) is 0.427. The lowest BCUT2D eigenvalue weighted by atomic mass is 10.1. The third-order valence-electron chi connectivity index (χ3n) is 3.95. The number of nitrogens with zero attached hydrogens (tertiary/aromatic N) is 2. The van der Waals surface area contributed by atoms with Crippen molar-refractivity contribution in [2.45, 2.75) is 38.1 Å². The minimum atomic E-state index is 0.189. The molecular formula is C13H23N3O2. The Morgan fingerprint density at radius 1 is 1.39 bits per heavy atom. The van der Waals surface area contributed by atoms with Crippen molar-refractivity contribution in [1.82, 2.24) is 15.1 Å². The van der Waals surface area contributed by atoms with Crippen LogP contribution in [-0.4, -0.2) is 60.9 Å². The number of amides is 2. The molecule has 5 nitrogen and oxygen atoms in total. The fourth-order valence-electron chi connectivity index (χ4n) is 2.77. The maximum Gasteiger partial charge on any atom is 0.224 e. The van der Waals surface area contributed by atoms with Gasteiger partial charge in [0.1, 0.15) is 0 Å². The molecule has 2 heterocycles. The minimum absolute atomic E-state index is 0.189. The van der Waals surface area contributed by atoms with Crippen LogP contribution in [0.2, 0.25) is 0 Å². The van der Waals surface area contributed by atoms with Crippen LogP contribution in [0.4, 0.5) is 0 Å². The fourth-order valence-corrected chi connectivity index (χ4v) is 2.77. The van der Waals surface area contributed by atoms with Crippen LogP contribution in [0.25, 0.3) is 0 Å². The highest BCUT2D eigenvalue weighted by molar-refractivity contribution is 5.80. The van der Waals surface area contributed by atoms with Gasteiger partial charge in [-0.25, -0.2) is 0 Å². The Morgan fingerprint density at radius 3 is 2.89 bits per heavy atom. The number of hydrogen-bond donors (Lipinski definition) is 1. The summed E-state index contributed by atoms with van der Waals surface area (Å²) in [7, 11) is 1.95. The summed E-state index contributed by atoms with van der Waals surface area (Å²) in [6.07, 6.45) is 4.28. The van der Waals surface area contributed by atoms with Gasteiger partial charge in [-0.05, 0) is 26.3 Å². The maximum atomic E-state index is 12.1. The van der Waals surface area contributed by atoms with Gasteiger partial charge in [0.05, 0.1) is 0 Å². The molecule has 2 rings (SSSR count). The lowest BCUT2D eigenvalue weighted by Crippen LogP contribution is -2.47. The van der Waals surface area contributed by atoms with E-state index in [0.717, 1.165) is 38.9 Å². The van der Waals surface area contributed by atoms with Gasteiger partial charge >= 0.3 is 0 Å². The van der Waals surface area contributed by atoms with Crippen LogP contribution < -0.4 is 5.32 Å². The molecule has 0 bridgehead atoms. The molecule has 0 radical (unpaired) electrons. The zero-order valence-corrected chi connectivity index (χ0v) is 11.2. The lowest BCUT2D eigenvalue weighted by Gasteiger charge is -2.33. The number of likely N-dealkylation sites (tertiary alicyclic amines) is 2. The Kier molecular flexibility index (Phi) is 4.58. The second-order valence-electron chi connectivity index (χ2n) is 5.20. The molecule has 1 atom stereocenters. The average Bonchev–Trinajstić information content (AvgIpc) is 2.81. The van der Waals surface area contributed by atoms with E-state index in [9.17, 15) is 9.59 Å². The van der Waals surface area contributed by atoms with Crippen molar-refractivity contribution in [1.29, 1.82) is 0 Å². The Labute approximate surface area is 108 Å². The summed E-state index contributed by atoms with van der Waals surface area (Å²) in [6.45, 7) is 3.10. The molecule has 0 unspecified atom stereocenters. The first-order chi connectivity index (χ1) is 8.70. The zero-order chi connectivity index (χ0) is 13.0. The first kappa shape index (κ1) is 13.3. The molecule has 0 aromatic heterocycles. The molecular weight excluding hydrogens is 230 g/mol. The highest BCUT2D eigenvalue weighted by atomic mass is 16.2. The number of rotatable bonds is 4. The van der Waals surface area contributed by atoms with Crippen molar-refractivity contribution >= 4 is 11.8 Å². The highest BCUT2D eigenvalue weighted by Gasteiger charge is 2.24. The average molecular weight is 253 g/mol. The summed E-state index contributed by atoms with van der Waals surface area (Å²) in [5.41, 5.74) is 0. The van der Waals surface area contributed by atoms with Crippen LogP contribution in [-0.2, 0) is 9.59 Å². The first-order valence-corrected chi connectivity index (χ1v) is 6.93. The van der Waals surface area contributed by atoms with Crippen molar-refractivity contribution in [3.63, 3.8) is 0 Å². The molecule has 2 aliphatic heterocycles. The Bertz CT molecular complexity index is 319. The predicted octanol–water partition coefficient (Wildman–Crippen LogP) is 0.209. The van der Waals surface area contributed by atoms with Gasteiger partial charge in [-0.2, -0.15) is 0 Å². The third kappa shape index (κ3) is 3.22. The van der Waals surface area contributed by atoms with Crippen LogP contribution in [0, 0.1) is 0 Å². The molecule has 2 amide bonds. The molecule has 0 aliphatic carbocycles. The predicted molar refractivity (Wildman–Crippen MR) is 69.1 cm³/mol. The summed E-state index contributed by atoms with van der Waals surface area (Å²) < 4.78 is 0. The summed E-state index contributed by atoms with van der Waals surface area (Å²) in [4.78, 5) is 27.3. The second-order valence-corrected chi connectivity index (χ2v) is 5.20. The van der Waals surface area contributed by atoms with Crippen molar-refractivity contribution in [2.75, 3.05) is 33.2 Å². The van der Waals surface area contributed by atoms with Gasteiger partial charge < -0.3 is 15.1 Å². The van der Waals surface area contributed by atoms with E-state index in [4.69, 9.17) is 0 Å². The van der Waals surface area contributed by atoms with E-state index >= 15 is 0 Å². The lowest BCUT2D eigenvalue weighted by molar-refractivity contribution is -0.134. The largest absolute Gasteiger partial charge is 0.342 e. The molecule has 2 aliphatic rings. The molecule has 2 fully saturated rings. The van der Waals surface area contributed by atoms with Crippen molar-refractivity contribution < 1.29 is 9.59 Å². The van der Waals surface area contributed by atoms with E-state index in [2.05, 4.69) is 5.32 Å². The molecule has 18 heavy (non-hydrogen) atoms. The van der Waals surface area contributed by atoms with Gasteiger partial charge in [-0.3, -0.25) is 9.59 Å². The number of likely N-dealkylation sites (N-methyl/N-ethyl adjacent to an activating group) is 1. The monoisotopic (exact) mass is 253 g/mol. The van der Waals surface area contributed by atoms with Crippen molar-refractivity contribution in [3.8, 4) is 0 Å². The highest BCUT2D eigenvalue weighted by Crippen LogP contribution is 2.13. The van der Waals surface area contributed by atoms with E-state index in [1.807, 2.05) is 16.8 Å². The first-order valence-electron chi connectivity index (χ1n) is 6.93. The van der Waals surface area contributed by atoms with Gasteiger partial charge in [0.25, 0.3) is 0 Å². The van der Waals surface area contributed by atoms with Crippen molar-refractivity contribution in [3.05, 3.63) is 0 Å². The fraction of sp³-hybridized carbons (Fsp3) is 0.846. The van der Waals surface area contributed by atoms with Gasteiger partial charge in [0, 0.05) is 45.1 Å². The van der Waals surface area contributed by atoms with Gasteiger partial charge in [0.15, 0.2) is 0 Å². The minimum Gasteiger partial charge on any atom is -0.342 e. The summed E-state index contributed by atoms with van der Waals surface area (Å²) >= 11 is 0. The van der Waals surface area contributed by atoms with Crippen molar-refractivity contribution in [2.24, 2.45) is 0 Å². The van der Waals surface area contributed by atoms with E-state index in [1.165, 1.54) is 0 Å². The smallest absolute Gasteiger partial charge is 0.224 e. The molecule has 5 heteroatoms. The van der Waals surface area contributed by atoms with Crippen LogP contribution >= 0.6 is 0 Å². The Hall–Kier alpha value is -1.10. The van der Waals surface area contributed by atoms with E-state index in [0.29, 0.717) is 25.4 Å². The topological polar surface area (TPSA) is 52.7 Å². The van der Waals surface area contributed by atoms with E-state index < -0.39 is 0 Å². The SMILES string of the molecule is CN[C@H]1CCCN(C(=O)CCN2CCCC2=O)C1. The normalized spacial score (nSPS) is 24.7. The zero-order valence-electron chi connectivity index (χ0n) is 11.2. The maximum absolute atomic E-state index is 12.1. The van der Waals surface area contributed by atoms with E-state index in [-0.39, 0.29) is 11.8 Å². The van der Waals surface area contributed by atoms with Crippen LogP contribution in [0.15, 0.2) is 0 Å². The summed E-state index contributed by atoms with van der Waals surface area (Å²) in [5.74, 6) is 0.393. The third-order valence-corrected chi connectivity index (χ3v) is 3.95. The van der Waals surface area contributed by atoms with Gasteiger partial charge in [-0.15, -0.1) is 0 Å². The van der Waals surface area contributed by atoms with Gasteiger partial charge in [-0.1, -0.05) is 0 Å². The number of nitrogens with one attached hydrogen (secondary N) is 1. The molecule has 102 valence electrons. The van der Waals surface area contributed by atoms with Crippen LogP contribution in [0.3, 0.4) is 0 Å². The quantitative estimate of drug-likeness (QED) is 0.779. The number of carbonyl (C=O) groups is 2. The number of piperidine rings is 1. The van der Waals surface area contributed by atoms with E-state index in [1.54, 1.807) is 0 Å². The molecule has 2 saturated heterocycles. The molecule has 0 spiro atoms. The molecule has 0 aromatic rings. The second kappa shape index (κ2) is 6.18. The standard InChI is InChI=1S/C13H23N3O2/c1-14-11-4-2-8-16(10-11)13(18)6-9-15-7-3-5-12(15)17/h11,14H,2-10H2,1H3/t11-/m0/s1. The van der Waals surface area contributed by atoms with Crippen LogP contribution in [0.5, 0.6) is 0 Å². The Morgan fingerprint density at radius 2 is 2.22 bits per heavy atom. The van der Waals surface area contributed by atoms with Gasteiger partial charge in [0.2, 0.25) is 11.8 Å². The summed E-state index contributed by atoms with van der Waals surface area (Å²) in [5, 5.41) is 3.23. The molecule has 0 saturated carbocycles. The van der Waals surface area contributed by atoms with Crippen LogP contribution in [0.1, 0.15) is 32.1 Å². The number of hydrogen-bond acceptors (Lipinski definition) is 3. The molecule has 1 N–H and O–H groups in total. The Balaban J connectivity index is 1.75.